The average Bonchev–Trinajstić information content (AvgIpc) is 2.33. The highest BCUT2D eigenvalue weighted by Gasteiger charge is 2.08. The largest absolute Gasteiger partial charge is 0.481 e. The molecule has 0 radical (unpaired) electrons. The van der Waals surface area contributed by atoms with E-state index in [0.717, 1.165) is 16.7 Å². The number of carboxylic acids is 1. The highest BCUT2D eigenvalue weighted by molar-refractivity contribution is 7.99. The molecule has 0 unspecified atom stereocenters. The smallest absolute Gasteiger partial charge is 0.313 e. The predicted molar refractivity (Wildman–Crippen MR) is 77.6 cm³/mol. The van der Waals surface area contributed by atoms with Gasteiger partial charge in [0, 0.05) is 12.3 Å². The van der Waals surface area contributed by atoms with Crippen LogP contribution in [0.15, 0.2) is 18.2 Å². The Kier molecular flexibility index (Phi) is 6.42. The van der Waals surface area contributed by atoms with E-state index in [1.54, 1.807) is 0 Å². The second-order valence-electron chi connectivity index (χ2n) is 4.34. The molecule has 0 spiro atoms. The first-order chi connectivity index (χ1) is 9.00. The quantitative estimate of drug-likeness (QED) is 0.748. The van der Waals surface area contributed by atoms with Gasteiger partial charge < -0.3 is 10.4 Å². The minimum absolute atomic E-state index is 0.0201. The number of thioether (sulfide) groups is 1. The number of amides is 1. The fourth-order valence-electron chi connectivity index (χ4n) is 1.77. The van der Waals surface area contributed by atoms with Crippen LogP contribution < -0.4 is 5.32 Å². The molecule has 0 heterocycles. The lowest BCUT2D eigenvalue weighted by Gasteiger charge is -2.10. The summed E-state index contributed by atoms with van der Waals surface area (Å²) in [6.07, 6.45) is 0.377. The van der Waals surface area contributed by atoms with E-state index in [-0.39, 0.29) is 11.7 Å². The van der Waals surface area contributed by atoms with Crippen molar-refractivity contribution >= 4 is 23.6 Å². The molecule has 0 aliphatic heterocycles. The van der Waals surface area contributed by atoms with Gasteiger partial charge >= 0.3 is 5.97 Å². The molecular formula is C14H19NO3S. The van der Waals surface area contributed by atoms with Crippen LogP contribution in [0.4, 0.5) is 0 Å². The van der Waals surface area contributed by atoms with Crippen LogP contribution in [-0.4, -0.2) is 35.0 Å². The monoisotopic (exact) mass is 281 g/mol. The van der Waals surface area contributed by atoms with Crippen molar-refractivity contribution in [2.45, 2.75) is 20.3 Å². The number of nitrogens with one attached hydrogen (secondary N) is 1. The lowest BCUT2D eigenvalue weighted by atomic mass is 10.00. The molecule has 0 atom stereocenters. The molecule has 0 saturated carbocycles. The van der Waals surface area contributed by atoms with E-state index in [1.165, 1.54) is 11.8 Å². The predicted octanol–water partition coefficient (Wildman–Crippen LogP) is 1.78. The van der Waals surface area contributed by atoms with Gasteiger partial charge in [0.05, 0.1) is 12.2 Å². The molecule has 1 aromatic carbocycles. The van der Waals surface area contributed by atoms with Crippen molar-refractivity contribution in [3.63, 3.8) is 0 Å². The van der Waals surface area contributed by atoms with E-state index in [0.29, 0.717) is 18.7 Å². The molecule has 1 rings (SSSR count). The maximum Gasteiger partial charge on any atom is 0.313 e. The van der Waals surface area contributed by atoms with E-state index >= 15 is 0 Å². The number of carbonyl (C=O) groups is 2. The third kappa shape index (κ3) is 5.79. The third-order valence-corrected chi connectivity index (χ3v) is 3.72. The summed E-state index contributed by atoms with van der Waals surface area (Å²) in [5.74, 6) is -0.155. The zero-order valence-corrected chi connectivity index (χ0v) is 12.0. The zero-order valence-electron chi connectivity index (χ0n) is 11.2. The summed E-state index contributed by atoms with van der Waals surface area (Å²) in [6, 6.07) is 5.98. The standard InChI is InChI=1S/C14H19NO3S/c1-10-4-3-5-11(2)12(10)8-13(16)15-6-7-19-9-14(17)18/h3-5H,6-9H2,1-2H3,(H,15,16)(H,17,18). The summed E-state index contributed by atoms with van der Waals surface area (Å²) < 4.78 is 0. The summed E-state index contributed by atoms with van der Waals surface area (Å²) in [4.78, 5) is 22.1. The van der Waals surface area contributed by atoms with Gasteiger partial charge in [-0.25, -0.2) is 0 Å². The molecule has 0 bridgehead atoms. The Balaban J connectivity index is 2.33. The zero-order chi connectivity index (χ0) is 14.3. The van der Waals surface area contributed by atoms with Crippen molar-refractivity contribution in [1.82, 2.24) is 5.32 Å². The molecule has 0 aliphatic carbocycles. The number of aryl methyl sites for hydroxylation is 2. The summed E-state index contributed by atoms with van der Waals surface area (Å²) in [5.41, 5.74) is 3.31. The third-order valence-electron chi connectivity index (χ3n) is 2.78. The normalized spacial score (nSPS) is 10.2. The van der Waals surface area contributed by atoms with Crippen LogP contribution in [0.3, 0.4) is 0 Å². The molecule has 1 aromatic rings. The van der Waals surface area contributed by atoms with Crippen LogP contribution in [-0.2, 0) is 16.0 Å². The molecule has 104 valence electrons. The van der Waals surface area contributed by atoms with Crippen LogP contribution in [0.25, 0.3) is 0 Å². The maximum absolute atomic E-state index is 11.8. The molecule has 5 heteroatoms. The van der Waals surface area contributed by atoms with Gasteiger partial charge in [0.25, 0.3) is 0 Å². The Bertz CT molecular complexity index is 440. The second kappa shape index (κ2) is 7.84. The maximum atomic E-state index is 11.8. The van der Waals surface area contributed by atoms with Crippen molar-refractivity contribution in [3.8, 4) is 0 Å². The Morgan fingerprint density at radius 1 is 1.26 bits per heavy atom. The molecule has 0 aromatic heterocycles. The fraction of sp³-hybridized carbons (Fsp3) is 0.429. The van der Waals surface area contributed by atoms with E-state index in [9.17, 15) is 9.59 Å². The van der Waals surface area contributed by atoms with Gasteiger partial charge in [-0.05, 0) is 30.5 Å². The summed E-state index contributed by atoms with van der Waals surface area (Å²) in [5, 5.41) is 11.3. The first kappa shape index (κ1) is 15.6. The van der Waals surface area contributed by atoms with Gasteiger partial charge in [-0.15, -0.1) is 11.8 Å². The van der Waals surface area contributed by atoms with Crippen LogP contribution in [0, 0.1) is 13.8 Å². The van der Waals surface area contributed by atoms with Crippen molar-refractivity contribution in [3.05, 3.63) is 34.9 Å². The van der Waals surface area contributed by atoms with Crippen molar-refractivity contribution < 1.29 is 14.7 Å². The number of benzene rings is 1. The highest BCUT2D eigenvalue weighted by atomic mass is 32.2. The Labute approximate surface area is 117 Å². The summed E-state index contributed by atoms with van der Waals surface area (Å²) in [7, 11) is 0. The van der Waals surface area contributed by atoms with Gasteiger partial charge in [0.2, 0.25) is 5.91 Å². The average molecular weight is 281 g/mol. The number of carboxylic acid groups (broad SMARTS) is 1. The lowest BCUT2D eigenvalue weighted by molar-refractivity contribution is -0.133. The number of rotatable bonds is 7. The van der Waals surface area contributed by atoms with E-state index in [4.69, 9.17) is 5.11 Å². The first-order valence-electron chi connectivity index (χ1n) is 6.12. The molecular weight excluding hydrogens is 262 g/mol. The SMILES string of the molecule is Cc1cccc(C)c1CC(=O)NCCSCC(=O)O. The number of carbonyl (C=O) groups excluding carboxylic acids is 1. The first-order valence-corrected chi connectivity index (χ1v) is 7.27. The minimum atomic E-state index is -0.827. The van der Waals surface area contributed by atoms with Crippen molar-refractivity contribution in [1.29, 1.82) is 0 Å². The fourth-order valence-corrected chi connectivity index (χ4v) is 2.34. The van der Waals surface area contributed by atoms with Crippen molar-refractivity contribution in [2.75, 3.05) is 18.1 Å². The van der Waals surface area contributed by atoms with Crippen LogP contribution >= 0.6 is 11.8 Å². The summed E-state index contributed by atoms with van der Waals surface area (Å²) in [6.45, 7) is 4.50. The van der Waals surface area contributed by atoms with E-state index in [1.807, 2.05) is 32.0 Å². The number of aliphatic carboxylic acids is 1. The molecule has 0 fully saturated rings. The van der Waals surface area contributed by atoms with Crippen LogP contribution in [0.1, 0.15) is 16.7 Å². The highest BCUT2D eigenvalue weighted by Crippen LogP contribution is 2.13. The number of hydrogen-bond donors (Lipinski definition) is 2. The van der Waals surface area contributed by atoms with Crippen LogP contribution in [0.2, 0.25) is 0 Å². The molecule has 0 aliphatic rings. The second-order valence-corrected chi connectivity index (χ2v) is 5.45. The lowest BCUT2D eigenvalue weighted by Crippen LogP contribution is -2.28. The van der Waals surface area contributed by atoms with Gasteiger partial charge in [-0.3, -0.25) is 9.59 Å². The topological polar surface area (TPSA) is 66.4 Å². The van der Waals surface area contributed by atoms with Gasteiger partial charge in [-0.2, -0.15) is 0 Å². The van der Waals surface area contributed by atoms with Crippen LogP contribution in [0.5, 0.6) is 0 Å². The number of hydrogen-bond acceptors (Lipinski definition) is 3. The van der Waals surface area contributed by atoms with E-state index in [2.05, 4.69) is 5.32 Å². The molecule has 19 heavy (non-hydrogen) atoms. The van der Waals surface area contributed by atoms with Gasteiger partial charge in [-0.1, -0.05) is 18.2 Å². The minimum Gasteiger partial charge on any atom is -0.481 e. The molecule has 1 amide bonds. The summed E-state index contributed by atoms with van der Waals surface area (Å²) >= 11 is 1.30. The Morgan fingerprint density at radius 2 is 1.89 bits per heavy atom. The molecule has 2 N–H and O–H groups in total. The Morgan fingerprint density at radius 3 is 2.47 bits per heavy atom. The van der Waals surface area contributed by atoms with E-state index < -0.39 is 5.97 Å². The molecule has 0 saturated heterocycles. The van der Waals surface area contributed by atoms with Crippen molar-refractivity contribution in [2.24, 2.45) is 0 Å². The Hall–Kier alpha value is -1.49. The van der Waals surface area contributed by atoms with Gasteiger partial charge in [0.1, 0.15) is 0 Å². The molecule has 4 nitrogen and oxygen atoms in total. The van der Waals surface area contributed by atoms with Gasteiger partial charge in [0.15, 0.2) is 0 Å².